The molecule has 10 heteroatoms. The summed E-state index contributed by atoms with van der Waals surface area (Å²) in [6, 6.07) is 10.5. The number of anilines is 2. The molecule has 2 aliphatic heterocycles. The van der Waals surface area contributed by atoms with E-state index in [1.165, 1.54) is 4.31 Å². The van der Waals surface area contributed by atoms with E-state index in [2.05, 4.69) is 22.6 Å². The smallest absolute Gasteiger partial charge is 0.243 e. The van der Waals surface area contributed by atoms with Crippen LogP contribution in [0.2, 0.25) is 0 Å². The second-order valence-corrected chi connectivity index (χ2v) is 10.9. The fourth-order valence-corrected chi connectivity index (χ4v) is 5.95. The van der Waals surface area contributed by atoms with Gasteiger partial charge in [0.05, 0.1) is 16.3 Å². The highest BCUT2D eigenvalue weighted by Gasteiger charge is 2.33. The third kappa shape index (κ3) is 5.56. The topological polar surface area (TPSA) is 81.8 Å². The Labute approximate surface area is 199 Å². The van der Waals surface area contributed by atoms with E-state index in [1.54, 1.807) is 0 Å². The van der Waals surface area contributed by atoms with Crippen LogP contribution in [0.15, 0.2) is 47.4 Å². The van der Waals surface area contributed by atoms with Crippen molar-refractivity contribution in [3.05, 3.63) is 54.1 Å². The Kier molecular flexibility index (Phi) is 7.49. The molecule has 34 heavy (non-hydrogen) atoms. The Morgan fingerprint density at radius 1 is 0.912 bits per heavy atom. The minimum absolute atomic E-state index is 0.134. The molecule has 2 aromatic rings. The lowest BCUT2D eigenvalue weighted by Crippen LogP contribution is -2.41. The number of benzene rings is 2. The van der Waals surface area contributed by atoms with Crippen molar-refractivity contribution in [1.82, 2.24) is 9.21 Å². The third-order valence-corrected chi connectivity index (χ3v) is 8.51. The van der Waals surface area contributed by atoms with Crippen molar-refractivity contribution >= 4 is 27.3 Å². The molecule has 0 bridgehead atoms. The first kappa shape index (κ1) is 24.6. The molecule has 2 saturated heterocycles. The van der Waals surface area contributed by atoms with Gasteiger partial charge in [-0.2, -0.15) is 4.31 Å². The van der Waals surface area contributed by atoms with Gasteiger partial charge in [0.25, 0.3) is 0 Å². The normalized spacial score (nSPS) is 19.1. The van der Waals surface area contributed by atoms with E-state index >= 15 is 0 Å². The van der Waals surface area contributed by atoms with E-state index in [0.717, 1.165) is 43.8 Å². The monoisotopic (exact) mass is 492 g/mol. The van der Waals surface area contributed by atoms with Crippen LogP contribution < -0.4 is 10.6 Å². The van der Waals surface area contributed by atoms with E-state index in [1.807, 2.05) is 24.3 Å². The summed E-state index contributed by atoms with van der Waals surface area (Å²) in [7, 11) is -1.84. The number of sulfonamides is 1. The minimum Gasteiger partial charge on any atom is -0.381 e. The number of halogens is 2. The highest BCUT2D eigenvalue weighted by molar-refractivity contribution is 7.89. The van der Waals surface area contributed by atoms with E-state index in [9.17, 15) is 22.0 Å². The Morgan fingerprint density at radius 3 is 2.21 bits per heavy atom. The number of likely N-dealkylation sites (tertiary alicyclic amines) is 1. The first-order chi connectivity index (χ1) is 16.2. The molecule has 2 aliphatic rings. The summed E-state index contributed by atoms with van der Waals surface area (Å²) >= 11 is 0. The SMILES string of the molecule is CN1CCC(Nc2ccccc2NC(=O)C2CCN(S(=O)(=O)c3ccc(F)c(F)c3)CC2)CC1. The molecule has 0 saturated carbocycles. The van der Waals surface area contributed by atoms with Gasteiger partial charge in [-0.15, -0.1) is 0 Å². The van der Waals surface area contributed by atoms with E-state index in [-0.39, 0.29) is 29.8 Å². The molecule has 0 unspecified atom stereocenters. The second-order valence-electron chi connectivity index (χ2n) is 9.01. The van der Waals surface area contributed by atoms with E-state index in [4.69, 9.17) is 0 Å². The van der Waals surface area contributed by atoms with Crippen LogP contribution in [0.1, 0.15) is 25.7 Å². The molecule has 7 nitrogen and oxygen atoms in total. The fourth-order valence-electron chi connectivity index (χ4n) is 4.47. The van der Waals surface area contributed by atoms with Crippen LogP contribution >= 0.6 is 0 Å². The number of hydrogen-bond donors (Lipinski definition) is 2. The zero-order chi connectivity index (χ0) is 24.3. The van der Waals surface area contributed by atoms with Crippen LogP contribution in [0, 0.1) is 17.6 Å². The Bertz CT molecular complexity index is 1130. The molecule has 0 atom stereocenters. The zero-order valence-electron chi connectivity index (χ0n) is 19.1. The molecule has 0 radical (unpaired) electrons. The van der Waals surface area contributed by atoms with Crippen molar-refractivity contribution in [3.63, 3.8) is 0 Å². The zero-order valence-corrected chi connectivity index (χ0v) is 20.0. The molecule has 2 N–H and O–H groups in total. The van der Waals surface area contributed by atoms with Gasteiger partial charge in [-0.1, -0.05) is 12.1 Å². The lowest BCUT2D eigenvalue weighted by Gasteiger charge is -2.32. The number of hydrogen-bond acceptors (Lipinski definition) is 5. The maximum Gasteiger partial charge on any atom is 0.243 e. The van der Waals surface area contributed by atoms with Gasteiger partial charge in [0.1, 0.15) is 0 Å². The number of nitrogens with zero attached hydrogens (tertiary/aromatic N) is 2. The van der Waals surface area contributed by atoms with Gasteiger partial charge >= 0.3 is 0 Å². The Balaban J connectivity index is 1.36. The highest BCUT2D eigenvalue weighted by Crippen LogP contribution is 2.28. The lowest BCUT2D eigenvalue weighted by atomic mass is 9.97. The lowest BCUT2D eigenvalue weighted by molar-refractivity contribution is -0.120. The number of amides is 1. The Morgan fingerprint density at radius 2 is 1.56 bits per heavy atom. The van der Waals surface area contributed by atoms with Gasteiger partial charge in [-0.3, -0.25) is 4.79 Å². The average Bonchev–Trinajstić information content (AvgIpc) is 2.83. The van der Waals surface area contributed by atoms with Crippen molar-refractivity contribution < 1.29 is 22.0 Å². The second kappa shape index (κ2) is 10.4. The van der Waals surface area contributed by atoms with Gasteiger partial charge in [0.15, 0.2) is 11.6 Å². The molecule has 0 spiro atoms. The van der Waals surface area contributed by atoms with Crippen molar-refractivity contribution in [3.8, 4) is 0 Å². The van der Waals surface area contributed by atoms with Gasteiger partial charge in [-0.05, 0) is 76.2 Å². The summed E-state index contributed by atoms with van der Waals surface area (Å²) in [6.45, 7) is 2.32. The van der Waals surface area contributed by atoms with Crippen LogP contribution in [-0.4, -0.2) is 62.8 Å². The van der Waals surface area contributed by atoms with Gasteiger partial charge in [0, 0.05) is 25.0 Å². The number of piperidine rings is 2. The quantitative estimate of drug-likeness (QED) is 0.645. The average molecular weight is 493 g/mol. The van der Waals surface area contributed by atoms with E-state index < -0.39 is 21.7 Å². The van der Waals surface area contributed by atoms with Crippen molar-refractivity contribution in [2.24, 2.45) is 5.92 Å². The number of para-hydroxylation sites is 2. The van der Waals surface area contributed by atoms with Gasteiger partial charge in [0.2, 0.25) is 15.9 Å². The first-order valence-electron chi connectivity index (χ1n) is 11.5. The number of carbonyl (C=O) groups excluding carboxylic acids is 1. The predicted molar refractivity (Wildman–Crippen MR) is 127 cm³/mol. The molecule has 0 aromatic heterocycles. The summed E-state index contributed by atoms with van der Waals surface area (Å²) in [5.41, 5.74) is 1.59. The van der Waals surface area contributed by atoms with Crippen molar-refractivity contribution in [1.29, 1.82) is 0 Å². The molecule has 2 fully saturated rings. The van der Waals surface area contributed by atoms with Crippen LogP contribution in [0.4, 0.5) is 20.2 Å². The fraction of sp³-hybridized carbons (Fsp3) is 0.458. The maximum atomic E-state index is 13.5. The summed E-state index contributed by atoms with van der Waals surface area (Å²) in [6.07, 6.45) is 2.76. The van der Waals surface area contributed by atoms with Crippen LogP contribution in [0.5, 0.6) is 0 Å². The van der Waals surface area contributed by atoms with Crippen molar-refractivity contribution in [2.45, 2.75) is 36.6 Å². The number of rotatable bonds is 6. The molecule has 0 aliphatic carbocycles. The standard InChI is InChI=1S/C24H30F2N4O3S/c1-29-12-10-18(11-13-29)27-22-4-2-3-5-23(22)28-24(31)17-8-14-30(15-9-17)34(32,33)19-6-7-20(25)21(26)16-19/h2-7,16-18,27H,8-15H2,1H3,(H,28,31). The molecule has 4 rings (SSSR count). The van der Waals surface area contributed by atoms with Crippen LogP contribution in [0.3, 0.4) is 0 Å². The summed E-state index contributed by atoms with van der Waals surface area (Å²) < 4.78 is 53.5. The van der Waals surface area contributed by atoms with Crippen molar-refractivity contribution in [2.75, 3.05) is 43.9 Å². The van der Waals surface area contributed by atoms with E-state index in [0.29, 0.717) is 30.6 Å². The predicted octanol–water partition coefficient (Wildman–Crippen LogP) is 3.51. The molecular formula is C24H30F2N4O3S. The molecular weight excluding hydrogens is 462 g/mol. The van der Waals surface area contributed by atoms with Gasteiger partial charge in [-0.25, -0.2) is 17.2 Å². The molecule has 2 heterocycles. The first-order valence-corrected chi connectivity index (χ1v) is 13.0. The highest BCUT2D eigenvalue weighted by atomic mass is 32.2. The summed E-state index contributed by atoms with van der Waals surface area (Å²) in [5, 5.41) is 6.55. The Hall–Kier alpha value is -2.56. The van der Waals surface area contributed by atoms with Crippen LogP contribution in [0.25, 0.3) is 0 Å². The largest absolute Gasteiger partial charge is 0.381 e. The maximum absolute atomic E-state index is 13.5. The summed E-state index contributed by atoms with van der Waals surface area (Å²) in [5.74, 6) is -2.79. The van der Waals surface area contributed by atoms with Crippen LogP contribution in [-0.2, 0) is 14.8 Å². The third-order valence-electron chi connectivity index (χ3n) is 6.62. The number of nitrogens with one attached hydrogen (secondary N) is 2. The number of carbonyl (C=O) groups is 1. The molecule has 184 valence electrons. The minimum atomic E-state index is -3.95. The molecule has 2 aromatic carbocycles. The molecule has 1 amide bonds. The summed E-state index contributed by atoms with van der Waals surface area (Å²) in [4.78, 5) is 15.0. The van der Waals surface area contributed by atoms with Gasteiger partial charge < -0.3 is 15.5 Å².